The number of anilines is 1. The smallest absolute Gasteiger partial charge is 0.258 e. The van der Waals surface area contributed by atoms with E-state index in [0.717, 1.165) is 16.9 Å². The van der Waals surface area contributed by atoms with Crippen molar-refractivity contribution in [3.05, 3.63) is 65.9 Å². The monoisotopic (exact) mass is 336 g/mol. The number of hydrogen-bond donors (Lipinski definition) is 1. The highest BCUT2D eigenvalue weighted by atomic mass is 16.5. The minimum absolute atomic E-state index is 0.234. The first-order chi connectivity index (χ1) is 12.1. The minimum atomic E-state index is -0.234. The van der Waals surface area contributed by atoms with Gasteiger partial charge in [0.05, 0.1) is 18.9 Å². The second-order valence-electron chi connectivity index (χ2n) is 6.03. The van der Waals surface area contributed by atoms with Crippen molar-refractivity contribution < 1.29 is 14.1 Å². The summed E-state index contributed by atoms with van der Waals surface area (Å²) in [6, 6.07) is 15.0. The fourth-order valence-electron chi connectivity index (χ4n) is 2.50. The molecule has 1 heterocycles. The number of nitrogens with one attached hydrogen (secondary N) is 1. The van der Waals surface area contributed by atoms with Gasteiger partial charge in [0, 0.05) is 5.56 Å². The fourth-order valence-corrected chi connectivity index (χ4v) is 2.50. The lowest BCUT2D eigenvalue weighted by atomic mass is 10.0. The predicted octanol–water partition coefficient (Wildman–Crippen LogP) is 4.73. The lowest BCUT2D eigenvalue weighted by molar-refractivity contribution is 0.102. The van der Waals surface area contributed by atoms with Crippen molar-refractivity contribution >= 4 is 11.8 Å². The molecule has 0 aliphatic rings. The number of amides is 1. The Morgan fingerprint density at radius 1 is 1.08 bits per heavy atom. The van der Waals surface area contributed by atoms with Crippen LogP contribution in [0.1, 0.15) is 35.7 Å². The number of nitrogens with zero attached hydrogens (tertiary/aromatic N) is 1. The summed E-state index contributed by atoms with van der Waals surface area (Å²) in [5.41, 5.74) is 3.36. The fraction of sp³-hybridized carbons (Fsp3) is 0.200. The number of benzene rings is 2. The van der Waals surface area contributed by atoms with E-state index >= 15 is 0 Å². The van der Waals surface area contributed by atoms with Crippen molar-refractivity contribution in [2.24, 2.45) is 0 Å². The molecule has 0 radical (unpaired) electrons. The molecule has 0 bridgehead atoms. The molecule has 0 saturated carbocycles. The molecule has 0 fully saturated rings. The summed E-state index contributed by atoms with van der Waals surface area (Å²) in [6.45, 7) is 4.23. The molecule has 5 nitrogen and oxygen atoms in total. The van der Waals surface area contributed by atoms with Crippen LogP contribution in [0.3, 0.4) is 0 Å². The van der Waals surface area contributed by atoms with E-state index in [1.807, 2.05) is 48.5 Å². The summed E-state index contributed by atoms with van der Waals surface area (Å²) in [4.78, 5) is 12.5. The SMILES string of the molecule is COc1ccc(-c2cnoc2NC(=O)c2ccc(C(C)C)cc2)cc1. The average molecular weight is 336 g/mol. The molecule has 1 amide bonds. The van der Waals surface area contributed by atoms with Crippen LogP contribution in [0.25, 0.3) is 11.1 Å². The third kappa shape index (κ3) is 3.71. The van der Waals surface area contributed by atoms with Gasteiger partial charge < -0.3 is 9.26 Å². The average Bonchev–Trinajstić information content (AvgIpc) is 3.10. The molecule has 128 valence electrons. The van der Waals surface area contributed by atoms with Gasteiger partial charge in [0.25, 0.3) is 5.91 Å². The van der Waals surface area contributed by atoms with E-state index in [2.05, 4.69) is 24.3 Å². The first-order valence-electron chi connectivity index (χ1n) is 8.09. The number of hydrogen-bond acceptors (Lipinski definition) is 4. The number of carbonyl (C=O) groups excluding carboxylic acids is 1. The van der Waals surface area contributed by atoms with Gasteiger partial charge in [0.2, 0.25) is 5.88 Å². The molecule has 0 atom stereocenters. The second kappa shape index (κ2) is 7.21. The Morgan fingerprint density at radius 3 is 2.36 bits per heavy atom. The largest absolute Gasteiger partial charge is 0.497 e. The summed E-state index contributed by atoms with van der Waals surface area (Å²) in [7, 11) is 1.62. The molecule has 3 aromatic rings. The van der Waals surface area contributed by atoms with Gasteiger partial charge in [-0.1, -0.05) is 43.3 Å². The Balaban J connectivity index is 1.79. The van der Waals surface area contributed by atoms with Crippen LogP contribution >= 0.6 is 0 Å². The van der Waals surface area contributed by atoms with E-state index in [4.69, 9.17) is 9.26 Å². The van der Waals surface area contributed by atoms with Crippen LogP contribution in [0, 0.1) is 0 Å². The first kappa shape index (κ1) is 16.8. The number of rotatable bonds is 5. The van der Waals surface area contributed by atoms with Gasteiger partial charge in [-0.05, 0) is 41.3 Å². The van der Waals surface area contributed by atoms with Crippen molar-refractivity contribution in [2.45, 2.75) is 19.8 Å². The van der Waals surface area contributed by atoms with Gasteiger partial charge in [0.15, 0.2) is 0 Å². The van der Waals surface area contributed by atoms with Crippen molar-refractivity contribution in [3.63, 3.8) is 0 Å². The van der Waals surface area contributed by atoms with Crippen molar-refractivity contribution in [1.82, 2.24) is 5.16 Å². The molecule has 5 heteroatoms. The van der Waals surface area contributed by atoms with Crippen molar-refractivity contribution in [2.75, 3.05) is 12.4 Å². The summed E-state index contributed by atoms with van der Waals surface area (Å²) in [5.74, 6) is 1.27. The lowest BCUT2D eigenvalue weighted by Gasteiger charge is -2.07. The van der Waals surface area contributed by atoms with Crippen LogP contribution in [-0.4, -0.2) is 18.2 Å². The van der Waals surface area contributed by atoms with Gasteiger partial charge in [-0.3, -0.25) is 10.1 Å². The summed E-state index contributed by atoms with van der Waals surface area (Å²) < 4.78 is 10.4. The lowest BCUT2D eigenvalue weighted by Crippen LogP contribution is -2.12. The maximum Gasteiger partial charge on any atom is 0.258 e. The number of carbonyl (C=O) groups is 1. The molecular formula is C20H20N2O3. The number of methoxy groups -OCH3 is 1. The van der Waals surface area contributed by atoms with Crippen LogP contribution in [0.5, 0.6) is 5.75 Å². The molecular weight excluding hydrogens is 316 g/mol. The van der Waals surface area contributed by atoms with E-state index in [1.165, 1.54) is 5.56 Å². The van der Waals surface area contributed by atoms with E-state index in [1.54, 1.807) is 13.3 Å². The Morgan fingerprint density at radius 2 is 1.76 bits per heavy atom. The molecule has 25 heavy (non-hydrogen) atoms. The van der Waals surface area contributed by atoms with Crippen LogP contribution in [0.15, 0.2) is 59.3 Å². The maximum absolute atomic E-state index is 12.5. The molecule has 3 rings (SSSR count). The molecule has 0 aliphatic heterocycles. The summed E-state index contributed by atoms with van der Waals surface area (Å²) >= 11 is 0. The third-order valence-corrected chi connectivity index (χ3v) is 4.04. The van der Waals surface area contributed by atoms with Crippen molar-refractivity contribution in [3.8, 4) is 16.9 Å². The minimum Gasteiger partial charge on any atom is -0.497 e. The number of ether oxygens (including phenoxy) is 1. The Labute approximate surface area is 146 Å². The van der Waals surface area contributed by atoms with E-state index < -0.39 is 0 Å². The molecule has 1 aromatic heterocycles. The molecule has 0 unspecified atom stereocenters. The van der Waals surface area contributed by atoms with Crippen molar-refractivity contribution in [1.29, 1.82) is 0 Å². The highest BCUT2D eigenvalue weighted by Gasteiger charge is 2.15. The topological polar surface area (TPSA) is 64.4 Å². The maximum atomic E-state index is 12.5. The second-order valence-corrected chi connectivity index (χ2v) is 6.03. The van der Waals surface area contributed by atoms with Gasteiger partial charge in [-0.2, -0.15) is 0 Å². The van der Waals surface area contributed by atoms with E-state index in [9.17, 15) is 4.79 Å². The highest BCUT2D eigenvalue weighted by Crippen LogP contribution is 2.29. The van der Waals surface area contributed by atoms with E-state index in [-0.39, 0.29) is 5.91 Å². The molecule has 0 spiro atoms. The van der Waals surface area contributed by atoms with Gasteiger partial charge >= 0.3 is 0 Å². The third-order valence-electron chi connectivity index (χ3n) is 4.04. The zero-order chi connectivity index (χ0) is 17.8. The van der Waals surface area contributed by atoms with E-state index in [0.29, 0.717) is 17.4 Å². The Bertz CT molecular complexity index is 849. The molecule has 2 aromatic carbocycles. The quantitative estimate of drug-likeness (QED) is 0.732. The van der Waals surface area contributed by atoms with Gasteiger partial charge in [-0.25, -0.2) is 0 Å². The Kier molecular flexibility index (Phi) is 4.84. The predicted molar refractivity (Wildman–Crippen MR) is 97.0 cm³/mol. The molecule has 0 saturated heterocycles. The summed E-state index contributed by atoms with van der Waals surface area (Å²) in [5, 5.41) is 6.59. The molecule has 0 aliphatic carbocycles. The van der Waals surface area contributed by atoms with Crippen LogP contribution in [0.2, 0.25) is 0 Å². The van der Waals surface area contributed by atoms with Crippen LogP contribution in [-0.2, 0) is 0 Å². The zero-order valence-electron chi connectivity index (χ0n) is 14.4. The first-order valence-corrected chi connectivity index (χ1v) is 8.09. The zero-order valence-corrected chi connectivity index (χ0v) is 14.4. The molecule has 1 N–H and O–H groups in total. The van der Waals surface area contributed by atoms with Crippen LogP contribution < -0.4 is 10.1 Å². The Hall–Kier alpha value is -3.08. The highest BCUT2D eigenvalue weighted by molar-refractivity contribution is 6.05. The number of aromatic nitrogens is 1. The standard InChI is InChI=1S/C20H20N2O3/c1-13(2)14-4-6-16(7-5-14)19(23)22-20-18(12-21-25-20)15-8-10-17(24-3)11-9-15/h4-13H,1-3H3,(H,22,23). The summed E-state index contributed by atoms with van der Waals surface area (Å²) in [6.07, 6.45) is 1.58. The van der Waals surface area contributed by atoms with Gasteiger partial charge in [-0.15, -0.1) is 0 Å². The van der Waals surface area contributed by atoms with Gasteiger partial charge in [0.1, 0.15) is 5.75 Å². The normalized spacial score (nSPS) is 10.7. The van der Waals surface area contributed by atoms with Crippen LogP contribution in [0.4, 0.5) is 5.88 Å².